The third kappa shape index (κ3) is 2.69. The minimum absolute atomic E-state index is 0.0949. The Morgan fingerprint density at radius 3 is 2.89 bits per heavy atom. The molecule has 1 aliphatic heterocycles. The molecule has 0 radical (unpaired) electrons. The fraction of sp³-hybridized carbons (Fsp3) is 0.583. The van der Waals surface area contributed by atoms with Gasteiger partial charge in [0.05, 0.1) is 0 Å². The van der Waals surface area contributed by atoms with Gasteiger partial charge in [-0.2, -0.15) is 4.98 Å². The van der Waals surface area contributed by atoms with Gasteiger partial charge in [0.15, 0.2) is 0 Å². The van der Waals surface area contributed by atoms with E-state index in [1.54, 1.807) is 0 Å². The summed E-state index contributed by atoms with van der Waals surface area (Å²) in [7, 11) is 3.93. The van der Waals surface area contributed by atoms with Crippen LogP contribution in [-0.4, -0.2) is 49.6 Å². The molecule has 2 rings (SSSR count). The van der Waals surface area contributed by atoms with E-state index < -0.39 is 0 Å². The summed E-state index contributed by atoms with van der Waals surface area (Å²) in [5, 5.41) is 2.85. The number of hydrogen-bond acceptors (Lipinski definition) is 5. The van der Waals surface area contributed by atoms with E-state index in [-0.39, 0.29) is 5.91 Å². The van der Waals surface area contributed by atoms with Gasteiger partial charge in [0.2, 0.25) is 11.9 Å². The summed E-state index contributed by atoms with van der Waals surface area (Å²) in [4.78, 5) is 24.2. The molecule has 1 amide bonds. The Hall–Kier alpha value is -1.85. The SMILES string of the molecule is Cc1cnc(N2CCNC(=O)CC2)nc1N(C)C. The van der Waals surface area contributed by atoms with Crippen molar-refractivity contribution in [3.63, 3.8) is 0 Å². The summed E-state index contributed by atoms with van der Waals surface area (Å²) in [6.45, 7) is 4.06. The standard InChI is InChI=1S/C12H19N5O/c1-9-8-14-12(15-11(9)16(2)3)17-6-4-10(18)13-5-7-17/h8H,4-7H2,1-3H3,(H,13,18). The number of hydrogen-bond donors (Lipinski definition) is 1. The van der Waals surface area contributed by atoms with Crippen LogP contribution in [0.3, 0.4) is 0 Å². The zero-order valence-corrected chi connectivity index (χ0v) is 11.1. The van der Waals surface area contributed by atoms with E-state index >= 15 is 0 Å². The number of aromatic nitrogens is 2. The molecule has 0 spiro atoms. The second kappa shape index (κ2) is 5.20. The molecular formula is C12H19N5O. The number of nitrogens with zero attached hydrogens (tertiary/aromatic N) is 4. The first kappa shape index (κ1) is 12.6. The smallest absolute Gasteiger partial charge is 0.227 e. The first-order chi connectivity index (χ1) is 8.58. The lowest BCUT2D eigenvalue weighted by atomic mass is 10.3. The van der Waals surface area contributed by atoms with Crippen molar-refractivity contribution >= 4 is 17.7 Å². The third-order valence-electron chi connectivity index (χ3n) is 2.95. The van der Waals surface area contributed by atoms with Gasteiger partial charge >= 0.3 is 0 Å². The second-order valence-electron chi connectivity index (χ2n) is 4.66. The number of nitrogens with one attached hydrogen (secondary N) is 1. The summed E-state index contributed by atoms with van der Waals surface area (Å²) in [5.41, 5.74) is 1.05. The molecule has 0 aliphatic carbocycles. The minimum Gasteiger partial charge on any atom is -0.362 e. The Bertz CT molecular complexity index is 446. The molecule has 0 saturated carbocycles. The largest absolute Gasteiger partial charge is 0.362 e. The average molecular weight is 249 g/mol. The predicted molar refractivity (Wildman–Crippen MR) is 70.9 cm³/mol. The summed E-state index contributed by atoms with van der Waals surface area (Å²) in [6.07, 6.45) is 2.33. The Kier molecular flexibility index (Phi) is 3.64. The number of aryl methyl sites for hydroxylation is 1. The van der Waals surface area contributed by atoms with Crippen LogP contribution >= 0.6 is 0 Å². The molecule has 0 aromatic carbocycles. The number of carbonyl (C=O) groups excluding carboxylic acids is 1. The lowest BCUT2D eigenvalue weighted by Crippen LogP contribution is -2.30. The molecule has 0 atom stereocenters. The Balaban J connectivity index is 2.22. The summed E-state index contributed by atoms with van der Waals surface area (Å²) in [5.74, 6) is 1.71. The number of carbonyl (C=O) groups is 1. The topological polar surface area (TPSA) is 61.4 Å². The first-order valence-corrected chi connectivity index (χ1v) is 6.10. The van der Waals surface area contributed by atoms with E-state index in [4.69, 9.17) is 0 Å². The fourth-order valence-electron chi connectivity index (χ4n) is 2.00. The van der Waals surface area contributed by atoms with Crippen LogP contribution < -0.4 is 15.1 Å². The molecule has 1 fully saturated rings. The summed E-state index contributed by atoms with van der Waals surface area (Å²) in [6, 6.07) is 0. The van der Waals surface area contributed by atoms with E-state index in [2.05, 4.69) is 15.3 Å². The molecule has 1 saturated heterocycles. The molecule has 98 valence electrons. The van der Waals surface area contributed by atoms with Crippen molar-refractivity contribution in [3.8, 4) is 0 Å². The summed E-state index contributed by atoms with van der Waals surface area (Å²) < 4.78 is 0. The quantitative estimate of drug-likeness (QED) is 0.810. The highest BCUT2D eigenvalue weighted by Gasteiger charge is 2.17. The number of rotatable bonds is 2. The number of anilines is 2. The van der Waals surface area contributed by atoms with Gasteiger partial charge in [-0.05, 0) is 6.92 Å². The monoisotopic (exact) mass is 249 g/mol. The van der Waals surface area contributed by atoms with Gasteiger partial charge in [-0.3, -0.25) is 4.79 Å². The Morgan fingerprint density at radius 2 is 2.17 bits per heavy atom. The van der Waals surface area contributed by atoms with Crippen LogP contribution in [-0.2, 0) is 4.79 Å². The molecule has 6 nitrogen and oxygen atoms in total. The van der Waals surface area contributed by atoms with Gasteiger partial charge in [0.25, 0.3) is 0 Å². The normalized spacial score (nSPS) is 16.2. The van der Waals surface area contributed by atoms with Crippen LogP contribution in [0, 0.1) is 6.92 Å². The van der Waals surface area contributed by atoms with E-state index in [1.165, 1.54) is 0 Å². The van der Waals surface area contributed by atoms with Crippen molar-refractivity contribution < 1.29 is 4.79 Å². The molecule has 1 aromatic rings. The van der Waals surface area contributed by atoms with Gasteiger partial charge in [-0.15, -0.1) is 0 Å². The van der Waals surface area contributed by atoms with Gasteiger partial charge in [0.1, 0.15) is 5.82 Å². The van der Waals surface area contributed by atoms with Crippen LogP contribution in [0.4, 0.5) is 11.8 Å². The van der Waals surface area contributed by atoms with Crippen LogP contribution in [0.15, 0.2) is 6.20 Å². The van der Waals surface area contributed by atoms with Crippen LogP contribution in [0.5, 0.6) is 0 Å². The summed E-state index contributed by atoms with van der Waals surface area (Å²) >= 11 is 0. The molecule has 18 heavy (non-hydrogen) atoms. The third-order valence-corrected chi connectivity index (χ3v) is 2.95. The Labute approximate surface area is 107 Å². The second-order valence-corrected chi connectivity index (χ2v) is 4.66. The molecule has 1 aromatic heterocycles. The predicted octanol–water partition coefficient (Wildman–Crippen LogP) is 0.177. The highest BCUT2D eigenvalue weighted by molar-refractivity contribution is 5.77. The maximum atomic E-state index is 11.3. The van der Waals surface area contributed by atoms with Crippen molar-refractivity contribution in [1.29, 1.82) is 0 Å². The van der Waals surface area contributed by atoms with Crippen molar-refractivity contribution in [2.45, 2.75) is 13.3 Å². The van der Waals surface area contributed by atoms with Crippen LogP contribution in [0.1, 0.15) is 12.0 Å². The van der Waals surface area contributed by atoms with E-state index in [1.807, 2.05) is 37.0 Å². The van der Waals surface area contributed by atoms with E-state index in [0.29, 0.717) is 25.5 Å². The van der Waals surface area contributed by atoms with Crippen LogP contribution in [0.2, 0.25) is 0 Å². The van der Waals surface area contributed by atoms with Crippen LogP contribution in [0.25, 0.3) is 0 Å². The van der Waals surface area contributed by atoms with Crippen molar-refractivity contribution in [1.82, 2.24) is 15.3 Å². The molecular weight excluding hydrogens is 230 g/mol. The van der Waals surface area contributed by atoms with Crippen molar-refractivity contribution in [2.75, 3.05) is 43.5 Å². The lowest BCUT2D eigenvalue weighted by molar-refractivity contribution is -0.120. The lowest BCUT2D eigenvalue weighted by Gasteiger charge is -2.22. The van der Waals surface area contributed by atoms with Gasteiger partial charge in [0, 0.05) is 51.9 Å². The molecule has 2 heterocycles. The average Bonchev–Trinajstić information content (AvgIpc) is 2.54. The fourth-order valence-corrected chi connectivity index (χ4v) is 2.00. The molecule has 0 bridgehead atoms. The van der Waals surface area contributed by atoms with Gasteiger partial charge < -0.3 is 15.1 Å². The van der Waals surface area contributed by atoms with Gasteiger partial charge in [-0.25, -0.2) is 4.98 Å². The maximum absolute atomic E-state index is 11.3. The number of amides is 1. The zero-order valence-electron chi connectivity index (χ0n) is 11.1. The van der Waals surface area contributed by atoms with Gasteiger partial charge in [-0.1, -0.05) is 0 Å². The van der Waals surface area contributed by atoms with E-state index in [9.17, 15) is 4.79 Å². The van der Waals surface area contributed by atoms with Crippen molar-refractivity contribution in [2.24, 2.45) is 0 Å². The van der Waals surface area contributed by atoms with Crippen molar-refractivity contribution in [3.05, 3.63) is 11.8 Å². The Morgan fingerprint density at radius 1 is 1.39 bits per heavy atom. The highest BCUT2D eigenvalue weighted by Crippen LogP contribution is 2.18. The zero-order chi connectivity index (χ0) is 13.1. The molecule has 1 N–H and O–H groups in total. The molecule has 6 heteroatoms. The first-order valence-electron chi connectivity index (χ1n) is 6.10. The molecule has 0 unspecified atom stereocenters. The highest BCUT2D eigenvalue weighted by atomic mass is 16.1. The minimum atomic E-state index is 0.0949. The van der Waals surface area contributed by atoms with E-state index in [0.717, 1.165) is 17.9 Å². The maximum Gasteiger partial charge on any atom is 0.227 e. The molecule has 1 aliphatic rings.